The van der Waals surface area contributed by atoms with Crippen LogP contribution in [0.25, 0.3) is 5.69 Å². The SMILES string of the molecule is CCOc1ccc(-n2cc(C(=O)Nc3ccc(C4CNCCO4)cc3)nn2)cc1. The maximum absolute atomic E-state index is 12.5. The number of benzene rings is 2. The fraction of sp³-hybridized carbons (Fsp3) is 0.286. The molecular weight excluding hydrogens is 370 g/mol. The van der Waals surface area contributed by atoms with E-state index >= 15 is 0 Å². The molecule has 150 valence electrons. The van der Waals surface area contributed by atoms with Crippen molar-refractivity contribution in [3.8, 4) is 11.4 Å². The number of hydrogen-bond acceptors (Lipinski definition) is 6. The van der Waals surface area contributed by atoms with Gasteiger partial charge in [0.1, 0.15) is 5.75 Å². The van der Waals surface area contributed by atoms with Gasteiger partial charge in [0.15, 0.2) is 5.69 Å². The van der Waals surface area contributed by atoms with Crippen molar-refractivity contribution in [1.82, 2.24) is 20.3 Å². The summed E-state index contributed by atoms with van der Waals surface area (Å²) in [6.07, 6.45) is 1.64. The van der Waals surface area contributed by atoms with Crippen molar-refractivity contribution in [2.24, 2.45) is 0 Å². The van der Waals surface area contributed by atoms with Crippen LogP contribution in [0.4, 0.5) is 5.69 Å². The average Bonchev–Trinajstić information content (AvgIpc) is 3.26. The molecule has 1 unspecified atom stereocenters. The molecule has 4 rings (SSSR count). The molecule has 1 aliphatic heterocycles. The van der Waals surface area contributed by atoms with Crippen molar-refractivity contribution in [1.29, 1.82) is 0 Å². The number of carbonyl (C=O) groups excluding carboxylic acids is 1. The minimum Gasteiger partial charge on any atom is -0.494 e. The molecule has 1 aromatic heterocycles. The smallest absolute Gasteiger partial charge is 0.277 e. The molecule has 2 N–H and O–H groups in total. The maximum Gasteiger partial charge on any atom is 0.277 e. The van der Waals surface area contributed by atoms with Crippen molar-refractivity contribution in [3.05, 3.63) is 66.0 Å². The lowest BCUT2D eigenvalue weighted by Gasteiger charge is -2.24. The molecular formula is C21H23N5O3. The summed E-state index contributed by atoms with van der Waals surface area (Å²) < 4.78 is 12.7. The zero-order chi connectivity index (χ0) is 20.1. The molecule has 0 saturated carbocycles. The summed E-state index contributed by atoms with van der Waals surface area (Å²) in [5.74, 6) is 0.470. The van der Waals surface area contributed by atoms with E-state index in [-0.39, 0.29) is 17.7 Å². The lowest BCUT2D eigenvalue weighted by Crippen LogP contribution is -2.33. The van der Waals surface area contributed by atoms with E-state index in [0.29, 0.717) is 18.9 Å². The second-order valence-electron chi connectivity index (χ2n) is 6.61. The molecule has 1 aliphatic rings. The molecule has 1 atom stereocenters. The standard InChI is InChI=1S/C21H23N5O3/c1-2-28-18-9-7-17(8-10-18)26-14-19(24-25-26)21(27)23-16-5-3-15(4-6-16)20-13-22-11-12-29-20/h3-10,14,20,22H,2,11-13H2,1H3,(H,23,27). The van der Waals surface area contributed by atoms with E-state index < -0.39 is 0 Å². The first kappa shape index (κ1) is 19.1. The van der Waals surface area contributed by atoms with Crippen LogP contribution in [-0.2, 0) is 4.74 Å². The number of ether oxygens (including phenoxy) is 2. The largest absolute Gasteiger partial charge is 0.494 e. The molecule has 0 radical (unpaired) electrons. The topological polar surface area (TPSA) is 90.3 Å². The fourth-order valence-corrected chi connectivity index (χ4v) is 3.11. The number of rotatable bonds is 6. The lowest BCUT2D eigenvalue weighted by molar-refractivity contribution is 0.0277. The van der Waals surface area contributed by atoms with E-state index in [1.54, 1.807) is 10.9 Å². The van der Waals surface area contributed by atoms with Crippen LogP contribution in [0.5, 0.6) is 5.75 Å². The van der Waals surface area contributed by atoms with E-state index in [4.69, 9.17) is 9.47 Å². The zero-order valence-electron chi connectivity index (χ0n) is 16.2. The summed E-state index contributed by atoms with van der Waals surface area (Å²) >= 11 is 0. The van der Waals surface area contributed by atoms with Gasteiger partial charge in [-0.3, -0.25) is 4.79 Å². The molecule has 1 fully saturated rings. The highest BCUT2D eigenvalue weighted by Crippen LogP contribution is 2.21. The Morgan fingerprint density at radius 1 is 1.24 bits per heavy atom. The molecule has 2 heterocycles. The van der Waals surface area contributed by atoms with Gasteiger partial charge in [-0.15, -0.1) is 5.10 Å². The number of nitrogens with zero attached hydrogens (tertiary/aromatic N) is 3. The summed E-state index contributed by atoms with van der Waals surface area (Å²) in [5, 5.41) is 14.2. The van der Waals surface area contributed by atoms with Gasteiger partial charge in [0, 0.05) is 18.8 Å². The van der Waals surface area contributed by atoms with E-state index in [1.807, 2.05) is 55.5 Å². The first-order valence-corrected chi connectivity index (χ1v) is 9.62. The van der Waals surface area contributed by atoms with Gasteiger partial charge in [-0.25, -0.2) is 4.68 Å². The lowest BCUT2D eigenvalue weighted by atomic mass is 10.1. The Bertz CT molecular complexity index is 947. The highest BCUT2D eigenvalue weighted by molar-refractivity contribution is 6.02. The Morgan fingerprint density at radius 2 is 2.03 bits per heavy atom. The minimum absolute atomic E-state index is 0.0440. The average molecular weight is 393 g/mol. The number of morpholine rings is 1. The number of carbonyl (C=O) groups is 1. The third-order valence-electron chi connectivity index (χ3n) is 4.61. The molecule has 0 spiro atoms. The van der Waals surface area contributed by atoms with Gasteiger partial charge < -0.3 is 20.1 Å². The first-order valence-electron chi connectivity index (χ1n) is 9.62. The van der Waals surface area contributed by atoms with Crippen molar-refractivity contribution in [2.45, 2.75) is 13.0 Å². The van der Waals surface area contributed by atoms with Crippen molar-refractivity contribution >= 4 is 11.6 Å². The minimum atomic E-state index is -0.314. The van der Waals surface area contributed by atoms with Crippen LogP contribution in [0, 0.1) is 0 Å². The van der Waals surface area contributed by atoms with Crippen LogP contribution in [0.3, 0.4) is 0 Å². The Balaban J connectivity index is 1.40. The van der Waals surface area contributed by atoms with Gasteiger partial charge in [-0.1, -0.05) is 17.3 Å². The van der Waals surface area contributed by atoms with Crippen molar-refractivity contribution in [2.75, 3.05) is 31.6 Å². The highest BCUT2D eigenvalue weighted by Gasteiger charge is 2.16. The normalized spacial score (nSPS) is 16.4. The number of nitrogens with one attached hydrogen (secondary N) is 2. The van der Waals surface area contributed by atoms with Crippen molar-refractivity contribution < 1.29 is 14.3 Å². The van der Waals surface area contributed by atoms with Crippen LogP contribution >= 0.6 is 0 Å². The first-order chi connectivity index (χ1) is 14.2. The maximum atomic E-state index is 12.5. The number of aromatic nitrogens is 3. The monoisotopic (exact) mass is 393 g/mol. The molecule has 3 aromatic rings. The molecule has 2 aromatic carbocycles. The summed E-state index contributed by atoms with van der Waals surface area (Å²) in [4.78, 5) is 12.5. The van der Waals surface area contributed by atoms with Crippen LogP contribution in [0.2, 0.25) is 0 Å². The summed E-state index contributed by atoms with van der Waals surface area (Å²) in [5.41, 5.74) is 2.81. The van der Waals surface area contributed by atoms with Crippen molar-refractivity contribution in [3.63, 3.8) is 0 Å². The van der Waals surface area contributed by atoms with Gasteiger partial charge >= 0.3 is 0 Å². The molecule has 8 nitrogen and oxygen atoms in total. The van der Waals surface area contributed by atoms with Gasteiger partial charge in [-0.05, 0) is 48.9 Å². The third-order valence-corrected chi connectivity index (χ3v) is 4.61. The molecule has 0 bridgehead atoms. The van der Waals surface area contributed by atoms with E-state index in [0.717, 1.165) is 30.1 Å². The Kier molecular flexibility index (Phi) is 5.83. The van der Waals surface area contributed by atoms with E-state index in [1.165, 1.54) is 0 Å². The Morgan fingerprint density at radius 3 is 2.72 bits per heavy atom. The highest BCUT2D eigenvalue weighted by atomic mass is 16.5. The summed E-state index contributed by atoms with van der Waals surface area (Å²) in [6, 6.07) is 15.1. The quantitative estimate of drug-likeness (QED) is 0.669. The van der Waals surface area contributed by atoms with Gasteiger partial charge in [0.25, 0.3) is 5.91 Å². The van der Waals surface area contributed by atoms with Gasteiger partial charge in [0.2, 0.25) is 0 Å². The van der Waals surface area contributed by atoms with Crippen LogP contribution < -0.4 is 15.4 Å². The van der Waals surface area contributed by atoms with E-state index in [9.17, 15) is 4.79 Å². The second kappa shape index (κ2) is 8.85. The number of amides is 1. The molecule has 1 saturated heterocycles. The third kappa shape index (κ3) is 4.61. The van der Waals surface area contributed by atoms with Gasteiger partial charge in [0.05, 0.1) is 31.2 Å². The number of anilines is 1. The predicted molar refractivity (Wildman–Crippen MR) is 108 cm³/mol. The molecule has 29 heavy (non-hydrogen) atoms. The molecule has 0 aliphatic carbocycles. The predicted octanol–water partition coefficient (Wildman–Crippen LogP) is 2.58. The number of hydrogen-bond donors (Lipinski definition) is 2. The second-order valence-corrected chi connectivity index (χ2v) is 6.61. The summed E-state index contributed by atoms with van der Waals surface area (Å²) in [6.45, 7) is 4.92. The zero-order valence-corrected chi connectivity index (χ0v) is 16.2. The molecule has 8 heteroatoms. The van der Waals surface area contributed by atoms with Crippen LogP contribution in [0.15, 0.2) is 54.7 Å². The Hall–Kier alpha value is -3.23. The van der Waals surface area contributed by atoms with E-state index in [2.05, 4.69) is 20.9 Å². The fourth-order valence-electron chi connectivity index (χ4n) is 3.11. The summed E-state index contributed by atoms with van der Waals surface area (Å²) in [7, 11) is 0. The van der Waals surface area contributed by atoms with Gasteiger partial charge in [-0.2, -0.15) is 0 Å². The Labute approximate surface area is 168 Å². The molecule has 1 amide bonds. The van der Waals surface area contributed by atoms with Crippen LogP contribution in [-0.4, -0.2) is 47.2 Å². The van der Waals surface area contributed by atoms with Crippen LogP contribution in [0.1, 0.15) is 29.1 Å².